The lowest BCUT2D eigenvalue weighted by Gasteiger charge is -2.47. The fourth-order valence-electron chi connectivity index (χ4n) is 3.60. The standard InChI is InChI=1S/C18H23ClN2O3/c1-13-10-21(15-6-4-14(19)5-7-15)16(22)11-20(13)17(23)18(12-24-2)8-3-9-18/h4-7,13H,3,8-12H2,1-2H3/t13-/m1/s1. The van der Waals surface area contributed by atoms with Crippen LogP contribution >= 0.6 is 11.6 Å². The highest BCUT2D eigenvalue weighted by molar-refractivity contribution is 6.30. The number of hydrogen-bond acceptors (Lipinski definition) is 3. The molecular weight excluding hydrogens is 328 g/mol. The Morgan fingerprint density at radius 3 is 2.54 bits per heavy atom. The van der Waals surface area contributed by atoms with E-state index in [4.69, 9.17) is 16.3 Å². The lowest BCUT2D eigenvalue weighted by atomic mass is 9.68. The van der Waals surface area contributed by atoms with E-state index >= 15 is 0 Å². The monoisotopic (exact) mass is 350 g/mol. The van der Waals surface area contributed by atoms with Gasteiger partial charge in [-0.05, 0) is 44.0 Å². The minimum absolute atomic E-state index is 0.0276. The number of benzene rings is 1. The van der Waals surface area contributed by atoms with Gasteiger partial charge in [0.25, 0.3) is 0 Å². The van der Waals surface area contributed by atoms with Crippen LogP contribution in [0.4, 0.5) is 5.69 Å². The van der Waals surface area contributed by atoms with Crippen molar-refractivity contribution < 1.29 is 14.3 Å². The van der Waals surface area contributed by atoms with Crippen molar-refractivity contribution in [2.45, 2.75) is 32.2 Å². The van der Waals surface area contributed by atoms with Crippen molar-refractivity contribution in [3.63, 3.8) is 0 Å². The van der Waals surface area contributed by atoms with E-state index in [9.17, 15) is 9.59 Å². The molecule has 2 amide bonds. The molecule has 1 saturated heterocycles. The topological polar surface area (TPSA) is 49.9 Å². The van der Waals surface area contributed by atoms with Crippen molar-refractivity contribution >= 4 is 29.1 Å². The Morgan fingerprint density at radius 1 is 1.33 bits per heavy atom. The molecule has 6 heteroatoms. The van der Waals surface area contributed by atoms with Crippen LogP contribution in [0.2, 0.25) is 5.02 Å². The number of hydrogen-bond donors (Lipinski definition) is 0. The van der Waals surface area contributed by atoms with Gasteiger partial charge in [-0.3, -0.25) is 9.59 Å². The lowest BCUT2D eigenvalue weighted by Crippen LogP contribution is -2.61. The molecule has 130 valence electrons. The number of halogens is 1. The van der Waals surface area contributed by atoms with Crippen LogP contribution in [0.15, 0.2) is 24.3 Å². The number of rotatable bonds is 4. The van der Waals surface area contributed by atoms with E-state index in [1.54, 1.807) is 29.0 Å². The molecule has 5 nitrogen and oxygen atoms in total. The van der Waals surface area contributed by atoms with Crippen LogP contribution in [-0.2, 0) is 14.3 Å². The second kappa shape index (κ2) is 6.73. The summed E-state index contributed by atoms with van der Waals surface area (Å²) in [5, 5.41) is 0.638. The normalized spacial score (nSPS) is 23.1. The van der Waals surface area contributed by atoms with E-state index in [2.05, 4.69) is 0 Å². The number of methoxy groups -OCH3 is 1. The fraction of sp³-hybridized carbons (Fsp3) is 0.556. The number of piperazine rings is 1. The third-order valence-corrected chi connectivity index (χ3v) is 5.42. The zero-order valence-electron chi connectivity index (χ0n) is 14.1. The van der Waals surface area contributed by atoms with Gasteiger partial charge < -0.3 is 14.5 Å². The fourth-order valence-corrected chi connectivity index (χ4v) is 3.72. The molecule has 2 fully saturated rings. The molecule has 1 aliphatic heterocycles. The molecule has 2 aliphatic rings. The maximum Gasteiger partial charge on any atom is 0.246 e. The van der Waals surface area contributed by atoms with E-state index in [-0.39, 0.29) is 24.4 Å². The van der Waals surface area contributed by atoms with Crippen LogP contribution in [0.5, 0.6) is 0 Å². The zero-order chi connectivity index (χ0) is 17.3. The molecule has 0 aromatic heterocycles. The van der Waals surface area contributed by atoms with Crippen LogP contribution in [-0.4, -0.2) is 49.6 Å². The largest absolute Gasteiger partial charge is 0.384 e. The van der Waals surface area contributed by atoms with Gasteiger partial charge in [0, 0.05) is 30.4 Å². The van der Waals surface area contributed by atoms with Gasteiger partial charge in [0.2, 0.25) is 11.8 Å². The van der Waals surface area contributed by atoms with E-state index in [1.807, 2.05) is 19.1 Å². The van der Waals surface area contributed by atoms with Gasteiger partial charge in [-0.15, -0.1) is 0 Å². The Kier molecular flexibility index (Phi) is 4.83. The molecule has 1 aliphatic carbocycles. The van der Waals surface area contributed by atoms with Crippen molar-refractivity contribution in [3.8, 4) is 0 Å². The molecule has 24 heavy (non-hydrogen) atoms. The van der Waals surface area contributed by atoms with Crippen LogP contribution in [0.3, 0.4) is 0 Å². The van der Waals surface area contributed by atoms with Gasteiger partial charge in [0.15, 0.2) is 0 Å². The third-order valence-electron chi connectivity index (χ3n) is 5.17. The molecule has 0 unspecified atom stereocenters. The Labute approximate surface area is 147 Å². The van der Waals surface area contributed by atoms with Crippen molar-refractivity contribution in [1.82, 2.24) is 4.90 Å². The number of carbonyl (C=O) groups excluding carboxylic acids is 2. The van der Waals surface area contributed by atoms with Crippen molar-refractivity contribution in [1.29, 1.82) is 0 Å². The predicted octanol–water partition coefficient (Wildman–Crippen LogP) is 2.72. The first-order valence-electron chi connectivity index (χ1n) is 8.33. The van der Waals surface area contributed by atoms with Gasteiger partial charge in [-0.1, -0.05) is 18.0 Å². The molecule has 1 aromatic rings. The number of nitrogens with zero attached hydrogens (tertiary/aromatic N) is 2. The summed E-state index contributed by atoms with van der Waals surface area (Å²) in [6.07, 6.45) is 2.73. The highest BCUT2D eigenvalue weighted by atomic mass is 35.5. The van der Waals surface area contributed by atoms with Gasteiger partial charge in [-0.2, -0.15) is 0 Å². The van der Waals surface area contributed by atoms with E-state index in [0.717, 1.165) is 24.9 Å². The zero-order valence-corrected chi connectivity index (χ0v) is 14.9. The van der Waals surface area contributed by atoms with Crippen molar-refractivity contribution in [2.24, 2.45) is 5.41 Å². The van der Waals surface area contributed by atoms with Gasteiger partial charge >= 0.3 is 0 Å². The maximum atomic E-state index is 13.0. The first kappa shape index (κ1) is 17.2. The molecule has 1 saturated carbocycles. The number of carbonyl (C=O) groups is 2. The summed E-state index contributed by atoms with van der Waals surface area (Å²) in [5.41, 5.74) is 0.393. The van der Waals surface area contributed by atoms with Crippen LogP contribution in [0.1, 0.15) is 26.2 Å². The number of ether oxygens (including phenoxy) is 1. The van der Waals surface area contributed by atoms with Crippen molar-refractivity contribution in [2.75, 3.05) is 31.7 Å². The number of amides is 2. The van der Waals surface area contributed by atoms with E-state index in [1.165, 1.54) is 0 Å². The predicted molar refractivity (Wildman–Crippen MR) is 93.1 cm³/mol. The van der Waals surface area contributed by atoms with Gasteiger partial charge in [0.1, 0.15) is 6.54 Å². The van der Waals surface area contributed by atoms with Crippen LogP contribution < -0.4 is 4.90 Å². The summed E-state index contributed by atoms with van der Waals surface area (Å²) in [6, 6.07) is 7.19. The van der Waals surface area contributed by atoms with Gasteiger partial charge in [0.05, 0.1) is 12.0 Å². The minimum atomic E-state index is -0.425. The molecule has 0 spiro atoms. The Bertz CT molecular complexity index is 628. The van der Waals surface area contributed by atoms with E-state index < -0.39 is 5.41 Å². The molecule has 3 rings (SSSR count). The Morgan fingerprint density at radius 2 is 2.00 bits per heavy atom. The highest BCUT2D eigenvalue weighted by Gasteiger charge is 2.48. The second-order valence-electron chi connectivity index (χ2n) is 6.83. The summed E-state index contributed by atoms with van der Waals surface area (Å²) in [6.45, 7) is 3.04. The summed E-state index contributed by atoms with van der Waals surface area (Å²) in [4.78, 5) is 29.1. The summed E-state index contributed by atoms with van der Waals surface area (Å²) in [5.74, 6) is 0.00266. The first-order chi connectivity index (χ1) is 11.5. The smallest absolute Gasteiger partial charge is 0.246 e. The number of anilines is 1. The third kappa shape index (κ3) is 3.03. The summed E-state index contributed by atoms with van der Waals surface area (Å²) < 4.78 is 5.27. The molecule has 0 bridgehead atoms. The second-order valence-corrected chi connectivity index (χ2v) is 7.27. The van der Waals surface area contributed by atoms with Crippen LogP contribution in [0, 0.1) is 5.41 Å². The maximum absolute atomic E-state index is 13.0. The van der Waals surface area contributed by atoms with Crippen LogP contribution in [0.25, 0.3) is 0 Å². The summed E-state index contributed by atoms with van der Waals surface area (Å²) >= 11 is 5.91. The molecular formula is C18H23ClN2O3. The molecule has 1 aromatic carbocycles. The molecule has 1 heterocycles. The average molecular weight is 351 g/mol. The minimum Gasteiger partial charge on any atom is -0.384 e. The van der Waals surface area contributed by atoms with E-state index in [0.29, 0.717) is 18.2 Å². The molecule has 0 radical (unpaired) electrons. The average Bonchev–Trinajstić information content (AvgIpc) is 2.53. The quantitative estimate of drug-likeness (QED) is 0.839. The lowest BCUT2D eigenvalue weighted by molar-refractivity contribution is -0.157. The summed E-state index contributed by atoms with van der Waals surface area (Å²) in [7, 11) is 1.63. The molecule has 1 atom stereocenters. The highest BCUT2D eigenvalue weighted by Crippen LogP contribution is 2.43. The SMILES string of the molecule is COCC1(C(=O)N2CC(=O)N(c3ccc(Cl)cc3)C[C@H]2C)CCC1. The Balaban J connectivity index is 1.74. The first-order valence-corrected chi connectivity index (χ1v) is 8.70. The van der Waals surface area contributed by atoms with Crippen molar-refractivity contribution in [3.05, 3.63) is 29.3 Å². The Hall–Kier alpha value is -1.59. The van der Waals surface area contributed by atoms with Gasteiger partial charge in [-0.25, -0.2) is 0 Å². The molecule has 0 N–H and O–H groups in total.